The molecular formula is C24H30O4. The van der Waals surface area contributed by atoms with E-state index in [-0.39, 0.29) is 0 Å². The molecular weight excluding hydrogens is 352 g/mol. The number of carbonyl (C=O) groups is 1. The molecule has 2 aromatic carbocycles. The minimum Gasteiger partial charge on any atom is -0.490 e. The van der Waals surface area contributed by atoms with Gasteiger partial charge in [-0.25, -0.2) is 4.79 Å². The van der Waals surface area contributed by atoms with Gasteiger partial charge >= 0.3 is 5.97 Å². The van der Waals surface area contributed by atoms with Gasteiger partial charge in [-0.15, -0.1) is 0 Å². The van der Waals surface area contributed by atoms with E-state index in [0.717, 1.165) is 24.2 Å². The smallest absolute Gasteiger partial charge is 0.336 e. The van der Waals surface area contributed by atoms with Gasteiger partial charge in [-0.2, -0.15) is 0 Å². The van der Waals surface area contributed by atoms with Crippen molar-refractivity contribution in [1.82, 2.24) is 0 Å². The Labute approximate surface area is 168 Å². The highest BCUT2D eigenvalue weighted by Crippen LogP contribution is 2.29. The van der Waals surface area contributed by atoms with Crippen LogP contribution in [0.2, 0.25) is 0 Å². The molecule has 2 rings (SSSR count). The van der Waals surface area contributed by atoms with Crippen LogP contribution < -0.4 is 14.2 Å². The van der Waals surface area contributed by atoms with E-state index in [1.807, 2.05) is 49.4 Å². The molecule has 150 valence electrons. The van der Waals surface area contributed by atoms with Crippen molar-refractivity contribution in [2.45, 2.75) is 46.5 Å². The molecule has 0 aliphatic heterocycles. The van der Waals surface area contributed by atoms with Crippen LogP contribution in [0.3, 0.4) is 0 Å². The van der Waals surface area contributed by atoms with Gasteiger partial charge in [0.1, 0.15) is 5.75 Å². The largest absolute Gasteiger partial charge is 0.490 e. The van der Waals surface area contributed by atoms with E-state index in [2.05, 4.69) is 20.8 Å². The first-order chi connectivity index (χ1) is 13.5. The lowest BCUT2D eigenvalue weighted by molar-refractivity contribution is -0.128. The average Bonchev–Trinajstić information content (AvgIpc) is 2.68. The summed E-state index contributed by atoms with van der Waals surface area (Å²) in [7, 11) is 0. The first-order valence-electron chi connectivity index (χ1n) is 9.93. The molecule has 0 saturated heterocycles. The normalized spacial score (nSPS) is 11.0. The molecule has 0 spiro atoms. The van der Waals surface area contributed by atoms with Crippen LogP contribution in [0.5, 0.6) is 17.2 Å². The molecule has 4 heteroatoms. The fourth-order valence-electron chi connectivity index (χ4n) is 2.58. The van der Waals surface area contributed by atoms with E-state index in [1.54, 1.807) is 6.08 Å². The second-order valence-corrected chi connectivity index (χ2v) is 6.82. The number of esters is 1. The van der Waals surface area contributed by atoms with E-state index in [4.69, 9.17) is 14.2 Å². The Hall–Kier alpha value is -2.75. The number of benzene rings is 2. The molecule has 0 heterocycles. The summed E-state index contributed by atoms with van der Waals surface area (Å²) >= 11 is 0. The standard InChI is InChI=1S/C24H30O4/c1-5-7-16-27-22-14-8-19(17-23(22)26-6-2)9-15-24(25)28-21-12-10-20(11-13-21)18(3)4/h8-15,17-18H,5-7,16H2,1-4H3/b15-9+. The van der Waals surface area contributed by atoms with E-state index < -0.39 is 5.97 Å². The van der Waals surface area contributed by atoms with Gasteiger partial charge in [-0.1, -0.05) is 45.4 Å². The Morgan fingerprint density at radius 3 is 2.39 bits per heavy atom. The summed E-state index contributed by atoms with van der Waals surface area (Å²) in [5.74, 6) is 1.96. The third-order valence-electron chi connectivity index (χ3n) is 4.20. The molecule has 28 heavy (non-hydrogen) atoms. The van der Waals surface area contributed by atoms with Gasteiger partial charge in [-0.3, -0.25) is 0 Å². The highest BCUT2D eigenvalue weighted by atomic mass is 16.5. The zero-order valence-electron chi connectivity index (χ0n) is 17.2. The van der Waals surface area contributed by atoms with Crippen LogP contribution in [0.15, 0.2) is 48.5 Å². The molecule has 0 aliphatic rings. The van der Waals surface area contributed by atoms with Gasteiger partial charge in [0.2, 0.25) is 0 Å². The second kappa shape index (κ2) is 11.2. The van der Waals surface area contributed by atoms with E-state index in [1.165, 1.54) is 11.6 Å². The maximum absolute atomic E-state index is 12.1. The van der Waals surface area contributed by atoms with Crippen LogP contribution in [0.1, 0.15) is 57.6 Å². The predicted molar refractivity (Wildman–Crippen MR) is 113 cm³/mol. The van der Waals surface area contributed by atoms with Crippen molar-refractivity contribution in [1.29, 1.82) is 0 Å². The summed E-state index contributed by atoms with van der Waals surface area (Å²) in [5.41, 5.74) is 2.05. The summed E-state index contributed by atoms with van der Waals surface area (Å²) in [4.78, 5) is 12.1. The highest BCUT2D eigenvalue weighted by Gasteiger charge is 2.07. The highest BCUT2D eigenvalue weighted by molar-refractivity contribution is 5.88. The number of carbonyl (C=O) groups excluding carboxylic acids is 1. The van der Waals surface area contributed by atoms with E-state index >= 15 is 0 Å². The quantitative estimate of drug-likeness (QED) is 0.219. The number of unbranched alkanes of at least 4 members (excludes halogenated alkanes) is 1. The fourth-order valence-corrected chi connectivity index (χ4v) is 2.58. The number of hydrogen-bond acceptors (Lipinski definition) is 4. The Morgan fingerprint density at radius 2 is 1.75 bits per heavy atom. The van der Waals surface area contributed by atoms with Crippen molar-refractivity contribution in [3.63, 3.8) is 0 Å². The molecule has 4 nitrogen and oxygen atoms in total. The average molecular weight is 383 g/mol. The van der Waals surface area contributed by atoms with Gasteiger partial charge in [0, 0.05) is 6.08 Å². The van der Waals surface area contributed by atoms with Crippen LogP contribution in [0, 0.1) is 0 Å². The molecule has 0 unspecified atom stereocenters. The lowest BCUT2D eigenvalue weighted by Crippen LogP contribution is -2.04. The van der Waals surface area contributed by atoms with Crippen LogP contribution in [-0.2, 0) is 4.79 Å². The SMILES string of the molecule is CCCCOc1ccc(/C=C/C(=O)Oc2ccc(C(C)C)cc2)cc1OCC. The zero-order chi connectivity index (χ0) is 20.4. The zero-order valence-corrected chi connectivity index (χ0v) is 17.2. The lowest BCUT2D eigenvalue weighted by Gasteiger charge is -2.12. The molecule has 0 aliphatic carbocycles. The summed E-state index contributed by atoms with van der Waals surface area (Å²) < 4.78 is 16.8. The van der Waals surface area contributed by atoms with Crippen molar-refractivity contribution in [3.8, 4) is 17.2 Å². The Balaban J connectivity index is 2.01. The third-order valence-corrected chi connectivity index (χ3v) is 4.20. The molecule has 0 amide bonds. The van der Waals surface area contributed by atoms with Crippen molar-refractivity contribution < 1.29 is 19.0 Å². The molecule has 0 atom stereocenters. The van der Waals surface area contributed by atoms with E-state index in [9.17, 15) is 4.79 Å². The molecule has 0 aromatic heterocycles. The summed E-state index contributed by atoms with van der Waals surface area (Å²) in [6.45, 7) is 9.51. The van der Waals surface area contributed by atoms with Crippen molar-refractivity contribution >= 4 is 12.0 Å². The monoisotopic (exact) mass is 382 g/mol. The topological polar surface area (TPSA) is 44.8 Å². The van der Waals surface area contributed by atoms with Gasteiger partial charge < -0.3 is 14.2 Å². The minimum atomic E-state index is -0.418. The summed E-state index contributed by atoms with van der Waals surface area (Å²) in [5, 5.41) is 0. The van der Waals surface area contributed by atoms with Gasteiger partial charge in [-0.05, 0) is 60.7 Å². The minimum absolute atomic E-state index is 0.418. The maximum Gasteiger partial charge on any atom is 0.336 e. The first kappa shape index (κ1) is 21.5. The summed E-state index contributed by atoms with van der Waals surface area (Å²) in [6, 6.07) is 13.2. The third kappa shape index (κ3) is 6.76. The first-order valence-corrected chi connectivity index (χ1v) is 9.93. The van der Waals surface area contributed by atoms with Gasteiger partial charge in [0.25, 0.3) is 0 Å². The Kier molecular flexibility index (Phi) is 8.60. The predicted octanol–water partition coefficient (Wildman–Crippen LogP) is 6.01. The fraction of sp³-hybridized carbons (Fsp3) is 0.375. The molecule has 0 fully saturated rings. The Morgan fingerprint density at radius 1 is 1.00 bits per heavy atom. The number of ether oxygens (including phenoxy) is 3. The van der Waals surface area contributed by atoms with Crippen LogP contribution in [0.25, 0.3) is 6.08 Å². The summed E-state index contributed by atoms with van der Waals surface area (Å²) in [6.07, 6.45) is 5.20. The molecule has 0 N–H and O–H groups in total. The van der Waals surface area contributed by atoms with Crippen LogP contribution >= 0.6 is 0 Å². The number of hydrogen-bond donors (Lipinski definition) is 0. The van der Waals surface area contributed by atoms with Crippen LogP contribution in [-0.4, -0.2) is 19.2 Å². The maximum atomic E-state index is 12.1. The van der Waals surface area contributed by atoms with Crippen LogP contribution in [0.4, 0.5) is 0 Å². The molecule has 0 saturated carbocycles. The van der Waals surface area contributed by atoms with Gasteiger partial charge in [0.05, 0.1) is 13.2 Å². The molecule has 0 bridgehead atoms. The van der Waals surface area contributed by atoms with E-state index in [0.29, 0.717) is 30.6 Å². The van der Waals surface area contributed by atoms with Crippen molar-refractivity contribution in [3.05, 3.63) is 59.7 Å². The molecule has 0 radical (unpaired) electrons. The van der Waals surface area contributed by atoms with Gasteiger partial charge in [0.15, 0.2) is 11.5 Å². The molecule has 2 aromatic rings. The number of rotatable bonds is 10. The second-order valence-electron chi connectivity index (χ2n) is 6.82. The lowest BCUT2D eigenvalue weighted by atomic mass is 10.0. The van der Waals surface area contributed by atoms with Crippen molar-refractivity contribution in [2.24, 2.45) is 0 Å². The Bertz CT molecular complexity index is 776. The van der Waals surface area contributed by atoms with Crippen molar-refractivity contribution in [2.75, 3.05) is 13.2 Å².